The molecular weight excluding hydrogens is 781 g/mol. The van der Waals surface area contributed by atoms with Crippen LogP contribution in [0.4, 0.5) is 0 Å². The van der Waals surface area contributed by atoms with Crippen LogP contribution in [0, 0.1) is 0 Å². The van der Waals surface area contributed by atoms with Gasteiger partial charge in [0, 0.05) is 19.3 Å². The molecule has 0 aliphatic heterocycles. The van der Waals surface area contributed by atoms with Gasteiger partial charge in [-0.15, -0.1) is 0 Å². The average molecular weight is 881 g/mol. The van der Waals surface area contributed by atoms with Crippen LogP contribution in [0.25, 0.3) is 0 Å². The molecule has 6 nitrogen and oxygen atoms in total. The SMILES string of the molecule is CC/C=C\C/C=C\C/C=C\C/C=C\C/C=C\CCCCCC(=O)OCC(COC(=O)CCCCCCCCCCCCCC)OC(=O)CCCCCCCCCCCCCCCC. The maximum atomic E-state index is 12.8. The van der Waals surface area contributed by atoms with Crippen LogP contribution in [0.5, 0.6) is 0 Å². The Labute approximate surface area is 390 Å². The lowest BCUT2D eigenvalue weighted by Gasteiger charge is -2.18. The molecule has 0 radical (unpaired) electrons. The van der Waals surface area contributed by atoms with E-state index in [-0.39, 0.29) is 31.1 Å². The van der Waals surface area contributed by atoms with Crippen molar-refractivity contribution in [2.45, 2.75) is 271 Å². The maximum Gasteiger partial charge on any atom is 0.306 e. The van der Waals surface area contributed by atoms with Crippen LogP contribution in [-0.2, 0) is 28.6 Å². The highest BCUT2D eigenvalue weighted by molar-refractivity contribution is 5.71. The fourth-order valence-electron chi connectivity index (χ4n) is 7.53. The minimum absolute atomic E-state index is 0.0813. The van der Waals surface area contributed by atoms with Gasteiger partial charge >= 0.3 is 17.9 Å². The molecule has 364 valence electrons. The summed E-state index contributed by atoms with van der Waals surface area (Å²) in [4.78, 5) is 38.0. The first-order valence-electron chi connectivity index (χ1n) is 26.8. The minimum Gasteiger partial charge on any atom is -0.462 e. The Kier molecular flexibility index (Phi) is 49.4. The Morgan fingerprint density at radius 1 is 0.333 bits per heavy atom. The van der Waals surface area contributed by atoms with Crippen LogP contribution >= 0.6 is 0 Å². The van der Waals surface area contributed by atoms with Crippen LogP contribution in [-0.4, -0.2) is 37.2 Å². The van der Waals surface area contributed by atoms with Crippen LogP contribution in [0.3, 0.4) is 0 Å². The summed E-state index contributed by atoms with van der Waals surface area (Å²) in [6, 6.07) is 0. The molecule has 0 amide bonds. The molecule has 0 aromatic rings. The molecule has 6 heteroatoms. The van der Waals surface area contributed by atoms with E-state index in [2.05, 4.69) is 81.5 Å². The molecule has 63 heavy (non-hydrogen) atoms. The molecule has 1 unspecified atom stereocenters. The van der Waals surface area contributed by atoms with Crippen LogP contribution in [0.15, 0.2) is 60.8 Å². The van der Waals surface area contributed by atoms with Crippen molar-refractivity contribution in [3.05, 3.63) is 60.8 Å². The number of carbonyl (C=O) groups excluding carboxylic acids is 3. The van der Waals surface area contributed by atoms with Crippen molar-refractivity contribution < 1.29 is 28.6 Å². The van der Waals surface area contributed by atoms with Crippen LogP contribution in [0.1, 0.15) is 265 Å². The first-order valence-corrected chi connectivity index (χ1v) is 26.8. The van der Waals surface area contributed by atoms with E-state index in [1.54, 1.807) is 0 Å². The number of carbonyl (C=O) groups is 3. The summed E-state index contributed by atoms with van der Waals surface area (Å²) in [6.45, 7) is 6.51. The van der Waals surface area contributed by atoms with E-state index in [1.807, 2.05) is 0 Å². The van der Waals surface area contributed by atoms with Gasteiger partial charge in [-0.25, -0.2) is 0 Å². The second-order valence-corrected chi connectivity index (χ2v) is 17.8. The molecule has 1 atom stereocenters. The summed E-state index contributed by atoms with van der Waals surface area (Å²) in [5.74, 6) is -0.906. The van der Waals surface area contributed by atoms with E-state index in [4.69, 9.17) is 14.2 Å². The topological polar surface area (TPSA) is 78.9 Å². The van der Waals surface area contributed by atoms with E-state index in [0.717, 1.165) is 96.3 Å². The van der Waals surface area contributed by atoms with Crippen molar-refractivity contribution in [3.63, 3.8) is 0 Å². The van der Waals surface area contributed by atoms with Gasteiger partial charge in [0.1, 0.15) is 13.2 Å². The highest BCUT2D eigenvalue weighted by atomic mass is 16.6. The average Bonchev–Trinajstić information content (AvgIpc) is 3.28. The Bertz CT molecular complexity index is 1150. The third-order valence-corrected chi connectivity index (χ3v) is 11.5. The first kappa shape index (κ1) is 60.1. The lowest BCUT2D eigenvalue weighted by molar-refractivity contribution is -0.167. The number of rotatable bonds is 48. The Morgan fingerprint density at radius 2 is 0.619 bits per heavy atom. The second kappa shape index (κ2) is 51.7. The summed E-state index contributed by atoms with van der Waals surface area (Å²) >= 11 is 0. The number of hydrogen-bond donors (Lipinski definition) is 0. The summed E-state index contributed by atoms with van der Waals surface area (Å²) in [7, 11) is 0. The van der Waals surface area contributed by atoms with Gasteiger partial charge in [0.05, 0.1) is 0 Å². The molecular formula is C57H100O6. The highest BCUT2D eigenvalue weighted by Gasteiger charge is 2.19. The first-order chi connectivity index (χ1) is 31.0. The zero-order chi connectivity index (χ0) is 45.8. The summed E-state index contributed by atoms with van der Waals surface area (Å²) in [5.41, 5.74) is 0. The van der Waals surface area contributed by atoms with Crippen molar-refractivity contribution in [1.29, 1.82) is 0 Å². The predicted octanol–water partition coefficient (Wildman–Crippen LogP) is 17.6. The third-order valence-electron chi connectivity index (χ3n) is 11.5. The molecule has 0 aliphatic carbocycles. The van der Waals surface area contributed by atoms with Gasteiger partial charge in [0.25, 0.3) is 0 Å². The van der Waals surface area contributed by atoms with E-state index in [9.17, 15) is 14.4 Å². The monoisotopic (exact) mass is 881 g/mol. The fourth-order valence-corrected chi connectivity index (χ4v) is 7.53. The molecule has 0 aromatic carbocycles. The number of esters is 3. The molecule has 0 rings (SSSR count). The zero-order valence-electron chi connectivity index (χ0n) is 41.6. The van der Waals surface area contributed by atoms with Gasteiger partial charge in [-0.2, -0.15) is 0 Å². The zero-order valence-corrected chi connectivity index (χ0v) is 41.6. The van der Waals surface area contributed by atoms with E-state index >= 15 is 0 Å². The van der Waals surface area contributed by atoms with Crippen molar-refractivity contribution in [2.24, 2.45) is 0 Å². The van der Waals surface area contributed by atoms with E-state index < -0.39 is 6.10 Å². The number of ether oxygens (including phenoxy) is 3. The standard InChI is InChI=1S/C57H100O6/c1-4-7-10-13-16-19-22-25-27-28-29-30-31-33-35-38-41-44-47-50-56(59)62-53-54(52-61-55(58)49-46-43-40-37-34-24-21-18-15-12-9-6-3)63-57(60)51-48-45-42-39-36-32-26-23-20-17-14-11-8-5-2/h7,10,16,19,25,27,29-30,33,35,54H,4-6,8-9,11-15,17-18,20-24,26,28,31-32,34,36-53H2,1-3H3/b10-7-,19-16-,27-25-,30-29-,35-33-. The summed E-state index contributed by atoms with van der Waals surface area (Å²) in [5, 5.41) is 0. The molecule has 0 aliphatic rings. The molecule has 0 saturated heterocycles. The Morgan fingerprint density at radius 3 is 0.968 bits per heavy atom. The molecule has 0 bridgehead atoms. The third kappa shape index (κ3) is 50.0. The van der Waals surface area contributed by atoms with Crippen molar-refractivity contribution in [2.75, 3.05) is 13.2 Å². The summed E-state index contributed by atoms with van der Waals surface area (Å²) < 4.78 is 16.8. The maximum absolute atomic E-state index is 12.8. The number of unbranched alkanes of at least 4 members (excludes halogenated alkanes) is 27. The smallest absolute Gasteiger partial charge is 0.306 e. The van der Waals surface area contributed by atoms with Gasteiger partial charge in [-0.05, 0) is 64.2 Å². The normalized spacial score (nSPS) is 12.5. The Hall–Kier alpha value is -2.89. The number of hydrogen-bond acceptors (Lipinski definition) is 6. The predicted molar refractivity (Wildman–Crippen MR) is 270 cm³/mol. The number of allylic oxidation sites excluding steroid dienone is 10. The van der Waals surface area contributed by atoms with E-state index in [1.165, 1.54) is 128 Å². The second-order valence-electron chi connectivity index (χ2n) is 17.8. The lowest BCUT2D eigenvalue weighted by Crippen LogP contribution is -2.30. The van der Waals surface area contributed by atoms with Gasteiger partial charge in [-0.3, -0.25) is 14.4 Å². The summed E-state index contributed by atoms with van der Waals surface area (Å²) in [6.07, 6.45) is 63.4. The molecule has 0 aromatic heterocycles. The van der Waals surface area contributed by atoms with Gasteiger partial charge in [0.15, 0.2) is 6.10 Å². The quantitative estimate of drug-likeness (QED) is 0.0262. The molecule has 0 heterocycles. The van der Waals surface area contributed by atoms with Crippen molar-refractivity contribution >= 4 is 17.9 Å². The van der Waals surface area contributed by atoms with Gasteiger partial charge in [-0.1, -0.05) is 242 Å². The molecule has 0 saturated carbocycles. The fraction of sp³-hybridized carbons (Fsp3) is 0.772. The molecule has 0 spiro atoms. The lowest BCUT2D eigenvalue weighted by atomic mass is 10.0. The molecule has 0 fully saturated rings. The van der Waals surface area contributed by atoms with Crippen molar-refractivity contribution in [3.8, 4) is 0 Å². The van der Waals surface area contributed by atoms with Gasteiger partial charge < -0.3 is 14.2 Å². The largest absolute Gasteiger partial charge is 0.462 e. The Balaban J connectivity index is 4.40. The van der Waals surface area contributed by atoms with Crippen molar-refractivity contribution in [1.82, 2.24) is 0 Å². The van der Waals surface area contributed by atoms with Crippen LogP contribution < -0.4 is 0 Å². The highest BCUT2D eigenvalue weighted by Crippen LogP contribution is 2.16. The van der Waals surface area contributed by atoms with Gasteiger partial charge in [0.2, 0.25) is 0 Å². The molecule has 0 N–H and O–H groups in total. The minimum atomic E-state index is -0.783. The van der Waals surface area contributed by atoms with E-state index in [0.29, 0.717) is 19.3 Å². The van der Waals surface area contributed by atoms with Crippen LogP contribution in [0.2, 0.25) is 0 Å².